The summed E-state index contributed by atoms with van der Waals surface area (Å²) in [7, 11) is 0. The number of hydrogen-bond acceptors (Lipinski definition) is 1. The minimum absolute atomic E-state index is 0.0119. The van der Waals surface area contributed by atoms with Gasteiger partial charge in [-0.05, 0) is 29.7 Å². The number of carbonyl (C=O) groups is 1. The third kappa shape index (κ3) is 3.55. The molecule has 0 atom stereocenters. The van der Waals surface area contributed by atoms with Crippen LogP contribution in [0.1, 0.15) is 17.5 Å². The van der Waals surface area contributed by atoms with Crippen LogP contribution in [0.15, 0.2) is 24.3 Å². The van der Waals surface area contributed by atoms with Crippen molar-refractivity contribution in [2.24, 2.45) is 0 Å². The summed E-state index contributed by atoms with van der Waals surface area (Å²) in [4.78, 5) is 10.5. The number of benzene rings is 1. The Morgan fingerprint density at radius 3 is 2.40 bits per heavy atom. The van der Waals surface area contributed by atoms with Crippen LogP contribution >= 0.6 is 11.6 Å². The lowest BCUT2D eigenvalue weighted by Gasteiger charge is -2.11. The van der Waals surface area contributed by atoms with Crippen molar-refractivity contribution in [3.05, 3.63) is 35.4 Å². The fourth-order valence-corrected chi connectivity index (χ4v) is 1.34. The van der Waals surface area contributed by atoms with Crippen LogP contribution in [0.2, 0.25) is 0 Å². The molecule has 5 heteroatoms. The van der Waals surface area contributed by atoms with Crippen LogP contribution in [0.4, 0.5) is 13.2 Å². The van der Waals surface area contributed by atoms with Crippen molar-refractivity contribution in [1.82, 2.24) is 0 Å². The van der Waals surface area contributed by atoms with E-state index in [4.69, 9.17) is 11.6 Å². The molecule has 0 aliphatic heterocycles. The summed E-state index contributed by atoms with van der Waals surface area (Å²) in [5.74, 6) is 0. The number of carbonyl (C=O) groups excluding carboxylic acids is 1. The van der Waals surface area contributed by atoms with Crippen LogP contribution in [0.3, 0.4) is 0 Å². The van der Waals surface area contributed by atoms with Gasteiger partial charge in [-0.2, -0.15) is 13.2 Å². The third-order valence-electron chi connectivity index (χ3n) is 1.91. The van der Waals surface area contributed by atoms with Gasteiger partial charge in [-0.1, -0.05) is 18.2 Å². The highest BCUT2D eigenvalue weighted by molar-refractivity contribution is 6.63. The van der Waals surface area contributed by atoms with Gasteiger partial charge in [0.1, 0.15) is 0 Å². The van der Waals surface area contributed by atoms with Crippen molar-refractivity contribution in [3.63, 3.8) is 0 Å². The lowest BCUT2D eigenvalue weighted by atomic mass is 10.0. The van der Waals surface area contributed by atoms with E-state index < -0.39 is 17.0 Å². The second kappa shape index (κ2) is 4.66. The van der Waals surface area contributed by atoms with E-state index in [1.165, 1.54) is 18.2 Å². The van der Waals surface area contributed by atoms with E-state index in [0.717, 1.165) is 6.07 Å². The van der Waals surface area contributed by atoms with Crippen molar-refractivity contribution in [3.8, 4) is 0 Å². The second-order valence-electron chi connectivity index (χ2n) is 3.01. The smallest absolute Gasteiger partial charge is 0.281 e. The zero-order valence-corrected chi connectivity index (χ0v) is 8.40. The summed E-state index contributed by atoms with van der Waals surface area (Å²) < 4.78 is 37.4. The first-order chi connectivity index (χ1) is 6.91. The van der Waals surface area contributed by atoms with Gasteiger partial charge in [0.05, 0.1) is 5.56 Å². The standard InChI is InChI=1S/C10H8ClF3O/c11-9(15)6-5-7-3-1-2-4-8(7)10(12,13)14/h1-4H,5-6H2. The lowest BCUT2D eigenvalue weighted by Crippen LogP contribution is -2.09. The number of alkyl halides is 3. The Balaban J connectivity index is 2.92. The summed E-state index contributed by atoms with van der Waals surface area (Å²) in [6.45, 7) is 0. The van der Waals surface area contributed by atoms with E-state index >= 15 is 0 Å². The average Bonchev–Trinajstić information content (AvgIpc) is 2.13. The van der Waals surface area contributed by atoms with Crippen LogP contribution in [-0.4, -0.2) is 5.24 Å². The van der Waals surface area contributed by atoms with E-state index in [2.05, 4.69) is 0 Å². The molecule has 0 spiro atoms. The minimum Gasteiger partial charge on any atom is -0.281 e. The van der Waals surface area contributed by atoms with Gasteiger partial charge in [-0.25, -0.2) is 0 Å². The van der Waals surface area contributed by atoms with Crippen molar-refractivity contribution in [1.29, 1.82) is 0 Å². The fourth-order valence-electron chi connectivity index (χ4n) is 1.25. The van der Waals surface area contributed by atoms with Crippen molar-refractivity contribution < 1.29 is 18.0 Å². The number of rotatable bonds is 3. The van der Waals surface area contributed by atoms with Gasteiger partial charge in [-0.3, -0.25) is 4.79 Å². The third-order valence-corrected chi connectivity index (χ3v) is 2.10. The maximum atomic E-state index is 12.5. The molecule has 0 radical (unpaired) electrons. The van der Waals surface area contributed by atoms with E-state index in [1.54, 1.807) is 0 Å². The minimum atomic E-state index is -4.38. The van der Waals surface area contributed by atoms with Gasteiger partial charge < -0.3 is 0 Å². The Bertz CT molecular complexity index is 360. The van der Waals surface area contributed by atoms with E-state index in [9.17, 15) is 18.0 Å². The first kappa shape index (κ1) is 12.0. The summed E-state index contributed by atoms with van der Waals surface area (Å²) in [6.07, 6.45) is -4.46. The SMILES string of the molecule is O=C(Cl)CCc1ccccc1C(F)(F)F. The molecular formula is C10H8ClF3O. The predicted octanol–water partition coefficient (Wildman–Crippen LogP) is 3.40. The molecule has 0 aliphatic rings. The van der Waals surface area contributed by atoms with Gasteiger partial charge in [-0.15, -0.1) is 0 Å². The zero-order chi connectivity index (χ0) is 11.5. The molecule has 1 aromatic rings. The molecular weight excluding hydrogens is 229 g/mol. The number of halogens is 4. The summed E-state index contributed by atoms with van der Waals surface area (Å²) >= 11 is 5.07. The quantitative estimate of drug-likeness (QED) is 0.735. The van der Waals surface area contributed by atoms with Gasteiger partial charge in [0, 0.05) is 6.42 Å². The second-order valence-corrected chi connectivity index (χ2v) is 3.43. The van der Waals surface area contributed by atoms with Gasteiger partial charge in [0.25, 0.3) is 0 Å². The number of aryl methyl sites for hydroxylation is 1. The molecule has 0 bridgehead atoms. The van der Waals surface area contributed by atoms with E-state index in [1.807, 2.05) is 0 Å². The summed E-state index contributed by atoms with van der Waals surface area (Å²) in [5.41, 5.74) is -0.609. The molecule has 0 fully saturated rings. The van der Waals surface area contributed by atoms with Crippen LogP contribution in [-0.2, 0) is 17.4 Å². The Kier molecular flexibility index (Phi) is 3.74. The summed E-state index contributed by atoms with van der Waals surface area (Å²) in [6, 6.07) is 5.16. The highest BCUT2D eigenvalue weighted by Gasteiger charge is 2.32. The van der Waals surface area contributed by atoms with Crippen LogP contribution < -0.4 is 0 Å². The lowest BCUT2D eigenvalue weighted by molar-refractivity contribution is -0.138. The monoisotopic (exact) mass is 236 g/mol. The molecule has 0 N–H and O–H groups in total. The average molecular weight is 237 g/mol. The molecule has 82 valence electrons. The Morgan fingerprint density at radius 1 is 1.27 bits per heavy atom. The molecule has 0 aliphatic carbocycles. The number of hydrogen-bond donors (Lipinski definition) is 0. The van der Waals surface area contributed by atoms with Crippen LogP contribution in [0, 0.1) is 0 Å². The highest BCUT2D eigenvalue weighted by atomic mass is 35.5. The van der Waals surface area contributed by atoms with Gasteiger partial charge in [0.2, 0.25) is 5.24 Å². The molecule has 0 heterocycles. The Labute approximate surface area is 89.9 Å². The highest BCUT2D eigenvalue weighted by Crippen LogP contribution is 2.32. The summed E-state index contributed by atoms with van der Waals surface area (Å²) in [5, 5.41) is -0.632. The maximum Gasteiger partial charge on any atom is 0.416 e. The zero-order valence-electron chi connectivity index (χ0n) is 7.64. The normalized spacial score (nSPS) is 11.5. The fraction of sp³-hybridized carbons (Fsp3) is 0.300. The molecule has 1 nitrogen and oxygen atoms in total. The van der Waals surface area contributed by atoms with Crippen molar-refractivity contribution in [2.75, 3.05) is 0 Å². The Morgan fingerprint density at radius 2 is 1.87 bits per heavy atom. The van der Waals surface area contributed by atoms with Crippen molar-refractivity contribution in [2.45, 2.75) is 19.0 Å². The van der Waals surface area contributed by atoms with E-state index in [-0.39, 0.29) is 18.4 Å². The van der Waals surface area contributed by atoms with Crippen LogP contribution in [0.25, 0.3) is 0 Å². The van der Waals surface area contributed by atoms with E-state index in [0.29, 0.717) is 0 Å². The molecule has 0 unspecified atom stereocenters. The van der Waals surface area contributed by atoms with Crippen molar-refractivity contribution >= 4 is 16.8 Å². The molecule has 0 aromatic heterocycles. The largest absolute Gasteiger partial charge is 0.416 e. The molecule has 0 saturated carbocycles. The van der Waals surface area contributed by atoms with Crippen LogP contribution in [0.5, 0.6) is 0 Å². The Hall–Kier alpha value is -1.03. The van der Waals surface area contributed by atoms with Gasteiger partial charge in [0.15, 0.2) is 0 Å². The molecule has 1 aromatic carbocycles. The topological polar surface area (TPSA) is 17.1 Å². The molecule has 0 saturated heterocycles. The molecule has 15 heavy (non-hydrogen) atoms. The maximum absolute atomic E-state index is 12.5. The first-order valence-electron chi connectivity index (χ1n) is 4.24. The predicted molar refractivity (Wildman–Crippen MR) is 50.6 cm³/mol. The molecule has 0 amide bonds. The molecule has 1 rings (SSSR count). The van der Waals surface area contributed by atoms with Gasteiger partial charge >= 0.3 is 6.18 Å². The first-order valence-corrected chi connectivity index (χ1v) is 4.62.